The molecule has 0 saturated carbocycles. The number of nitrogens with zero attached hydrogens (tertiary/aromatic N) is 4. The van der Waals surface area contributed by atoms with Crippen LogP contribution < -0.4 is 5.32 Å². The molecule has 2 aromatic heterocycles. The molecule has 3 aromatic rings. The Morgan fingerprint density at radius 1 is 1.14 bits per heavy atom. The minimum absolute atomic E-state index is 0.0475. The van der Waals surface area contributed by atoms with E-state index in [-0.39, 0.29) is 11.3 Å². The number of carbonyl (C=O) groups is 1. The Hall–Kier alpha value is -2.51. The molecule has 6 nitrogen and oxygen atoms in total. The second-order valence-corrected chi connectivity index (χ2v) is 9.44. The summed E-state index contributed by atoms with van der Waals surface area (Å²) in [4.78, 5) is 24.8. The van der Waals surface area contributed by atoms with Crippen LogP contribution in [0.1, 0.15) is 49.1 Å². The molecule has 0 aliphatic carbocycles. The zero-order chi connectivity index (χ0) is 20.6. The molecule has 0 radical (unpaired) electrons. The van der Waals surface area contributed by atoms with Gasteiger partial charge < -0.3 is 9.47 Å². The maximum atomic E-state index is 13.2. The van der Waals surface area contributed by atoms with Crippen molar-refractivity contribution in [3.63, 3.8) is 0 Å². The summed E-state index contributed by atoms with van der Waals surface area (Å²) in [6.45, 7) is 8.91. The average molecular weight is 410 g/mol. The van der Waals surface area contributed by atoms with Gasteiger partial charge in [-0.1, -0.05) is 51.1 Å². The number of imidazole rings is 1. The van der Waals surface area contributed by atoms with Gasteiger partial charge in [0.05, 0.1) is 11.4 Å². The van der Waals surface area contributed by atoms with Crippen LogP contribution in [0.5, 0.6) is 0 Å². The van der Waals surface area contributed by atoms with Crippen LogP contribution in [0.25, 0.3) is 11.4 Å². The first-order chi connectivity index (χ1) is 13.8. The molecule has 0 saturated heterocycles. The fourth-order valence-corrected chi connectivity index (χ4v) is 4.47. The van der Waals surface area contributed by atoms with E-state index in [2.05, 4.69) is 47.6 Å². The first-order valence-corrected chi connectivity index (χ1v) is 10.8. The average Bonchev–Trinajstić information content (AvgIpc) is 3.23. The van der Waals surface area contributed by atoms with E-state index in [0.717, 1.165) is 42.3 Å². The zero-order valence-corrected chi connectivity index (χ0v) is 18.2. The van der Waals surface area contributed by atoms with Crippen molar-refractivity contribution in [1.29, 1.82) is 0 Å². The molecule has 4 rings (SSSR count). The van der Waals surface area contributed by atoms with E-state index in [9.17, 15) is 4.79 Å². The van der Waals surface area contributed by atoms with E-state index in [0.29, 0.717) is 17.4 Å². The third kappa shape index (κ3) is 4.11. The highest BCUT2D eigenvalue weighted by molar-refractivity contribution is 7.14. The molecule has 0 spiro atoms. The van der Waals surface area contributed by atoms with Crippen LogP contribution in [-0.4, -0.2) is 38.9 Å². The summed E-state index contributed by atoms with van der Waals surface area (Å²) < 4.78 is 2.20. The largest absolute Gasteiger partial charge is 0.326 e. The number of hydrogen-bond donors (Lipinski definition) is 1. The maximum absolute atomic E-state index is 13.2. The van der Waals surface area contributed by atoms with Crippen molar-refractivity contribution in [2.75, 3.05) is 18.9 Å². The molecule has 1 amide bonds. The number of aromatic nitrogens is 3. The van der Waals surface area contributed by atoms with Gasteiger partial charge in [0.15, 0.2) is 10.8 Å². The molecule has 0 unspecified atom stereocenters. The quantitative estimate of drug-likeness (QED) is 0.697. The third-order valence-corrected chi connectivity index (χ3v) is 5.91. The Balaban J connectivity index is 1.70. The topological polar surface area (TPSA) is 63.1 Å². The van der Waals surface area contributed by atoms with Gasteiger partial charge >= 0.3 is 0 Å². The molecular weight excluding hydrogens is 382 g/mol. The lowest BCUT2D eigenvalue weighted by molar-refractivity contribution is 0.102. The van der Waals surface area contributed by atoms with Gasteiger partial charge in [0.2, 0.25) is 0 Å². The van der Waals surface area contributed by atoms with Crippen LogP contribution in [0.2, 0.25) is 0 Å². The Kier molecular flexibility index (Phi) is 5.27. The van der Waals surface area contributed by atoms with Gasteiger partial charge in [-0.3, -0.25) is 10.1 Å². The van der Waals surface area contributed by atoms with Crippen LogP contribution in [0.15, 0.2) is 35.7 Å². The van der Waals surface area contributed by atoms with E-state index in [1.165, 1.54) is 11.3 Å². The summed E-state index contributed by atoms with van der Waals surface area (Å²) in [5, 5.41) is 5.60. The van der Waals surface area contributed by atoms with E-state index >= 15 is 0 Å². The second-order valence-electron chi connectivity index (χ2n) is 8.58. The molecule has 1 N–H and O–H groups in total. The minimum Gasteiger partial charge on any atom is -0.326 e. The van der Waals surface area contributed by atoms with Crippen LogP contribution in [-0.2, 0) is 18.5 Å². The predicted octanol–water partition coefficient (Wildman–Crippen LogP) is 4.39. The Morgan fingerprint density at radius 3 is 2.59 bits per heavy atom. The van der Waals surface area contributed by atoms with Gasteiger partial charge in [-0.2, -0.15) is 0 Å². The lowest BCUT2D eigenvalue weighted by atomic mass is 9.93. The molecular formula is C22H27N5OS. The first kappa shape index (κ1) is 19.8. The monoisotopic (exact) mass is 409 g/mol. The van der Waals surface area contributed by atoms with Crippen molar-refractivity contribution in [3.05, 3.63) is 52.8 Å². The number of nitrogens with one attached hydrogen (secondary N) is 1. The van der Waals surface area contributed by atoms with Crippen molar-refractivity contribution in [3.8, 4) is 11.4 Å². The Labute approximate surface area is 175 Å². The van der Waals surface area contributed by atoms with Gasteiger partial charge in [-0.05, 0) is 20.0 Å². The summed E-state index contributed by atoms with van der Waals surface area (Å²) in [5.41, 5.74) is 3.42. The van der Waals surface area contributed by atoms with Gasteiger partial charge in [0.25, 0.3) is 5.91 Å². The fraction of sp³-hybridized carbons (Fsp3) is 0.409. The summed E-state index contributed by atoms with van der Waals surface area (Å²) in [6.07, 6.45) is 1.03. The lowest BCUT2D eigenvalue weighted by Gasteiger charge is -2.14. The molecule has 1 aromatic carbocycles. The smallest absolute Gasteiger partial charge is 0.278 e. The van der Waals surface area contributed by atoms with Crippen molar-refractivity contribution < 1.29 is 4.79 Å². The van der Waals surface area contributed by atoms with Crippen LogP contribution in [0, 0.1) is 0 Å². The molecule has 29 heavy (non-hydrogen) atoms. The summed E-state index contributed by atoms with van der Waals surface area (Å²) in [7, 11) is 2.09. The molecule has 1 aliphatic rings. The van der Waals surface area contributed by atoms with Gasteiger partial charge in [-0.15, -0.1) is 11.3 Å². The molecule has 3 heterocycles. The summed E-state index contributed by atoms with van der Waals surface area (Å²) >= 11 is 1.46. The van der Waals surface area contributed by atoms with Gasteiger partial charge in [-0.25, -0.2) is 9.97 Å². The van der Waals surface area contributed by atoms with Crippen molar-refractivity contribution in [1.82, 2.24) is 19.4 Å². The highest BCUT2D eigenvalue weighted by atomic mass is 32.1. The van der Waals surface area contributed by atoms with Crippen molar-refractivity contribution in [2.24, 2.45) is 0 Å². The Morgan fingerprint density at radius 2 is 1.90 bits per heavy atom. The van der Waals surface area contributed by atoms with E-state index < -0.39 is 0 Å². The molecule has 0 fully saturated rings. The number of amides is 1. The second kappa shape index (κ2) is 7.72. The highest BCUT2D eigenvalue weighted by Crippen LogP contribution is 2.29. The lowest BCUT2D eigenvalue weighted by Crippen LogP contribution is -2.21. The number of thiazole rings is 1. The van der Waals surface area contributed by atoms with Gasteiger partial charge in [0, 0.05) is 29.4 Å². The molecule has 7 heteroatoms. The third-order valence-electron chi connectivity index (χ3n) is 5.15. The fourth-order valence-electron chi connectivity index (χ4n) is 3.54. The highest BCUT2D eigenvalue weighted by Gasteiger charge is 2.26. The van der Waals surface area contributed by atoms with E-state index in [4.69, 9.17) is 4.98 Å². The van der Waals surface area contributed by atoms with Gasteiger partial charge in [0.1, 0.15) is 5.82 Å². The number of fused-ring (bicyclic) bond motifs is 1. The predicted molar refractivity (Wildman–Crippen MR) is 117 cm³/mol. The zero-order valence-electron chi connectivity index (χ0n) is 17.4. The summed E-state index contributed by atoms with van der Waals surface area (Å²) in [6, 6.07) is 10.1. The van der Waals surface area contributed by atoms with Crippen LogP contribution >= 0.6 is 11.3 Å². The first-order valence-electron chi connectivity index (χ1n) is 9.93. The number of benzene rings is 1. The SMILES string of the molecule is CN1CCCn2c(-c3ccccc3)nc(C(=O)Nc3nc(C(C)(C)C)cs3)c2C1. The number of anilines is 1. The summed E-state index contributed by atoms with van der Waals surface area (Å²) in [5.74, 6) is 0.664. The van der Waals surface area contributed by atoms with Crippen molar-refractivity contribution in [2.45, 2.75) is 45.7 Å². The maximum Gasteiger partial charge on any atom is 0.278 e. The molecule has 0 atom stereocenters. The molecule has 152 valence electrons. The molecule has 0 bridgehead atoms. The normalized spacial score (nSPS) is 15.0. The van der Waals surface area contributed by atoms with Crippen LogP contribution in [0.3, 0.4) is 0 Å². The Bertz CT molecular complexity index is 1020. The number of carbonyl (C=O) groups excluding carboxylic acids is 1. The number of rotatable bonds is 3. The standard InChI is InChI=1S/C22H27N5OS/c1-22(2,3)17-14-29-21(23-17)25-20(28)18-16-13-26(4)11-8-12-27(16)19(24-18)15-9-6-5-7-10-15/h5-7,9-10,14H,8,11-13H2,1-4H3,(H,23,25,28). The van der Waals surface area contributed by atoms with Crippen molar-refractivity contribution >= 4 is 22.4 Å². The minimum atomic E-state index is -0.193. The van der Waals surface area contributed by atoms with E-state index in [1.807, 2.05) is 35.7 Å². The van der Waals surface area contributed by atoms with E-state index in [1.54, 1.807) is 0 Å². The van der Waals surface area contributed by atoms with Crippen LogP contribution in [0.4, 0.5) is 5.13 Å². The molecule has 1 aliphatic heterocycles. The number of hydrogen-bond acceptors (Lipinski definition) is 5.